The molecule has 1 aromatic rings. The Bertz CT molecular complexity index is 1080. The number of aromatic nitrogens is 1. The van der Waals surface area contributed by atoms with Crippen LogP contribution >= 0.6 is 0 Å². The fraction of sp³-hybridized carbons (Fsp3) is 0.690. The summed E-state index contributed by atoms with van der Waals surface area (Å²) in [5, 5.41) is 13.8. The Morgan fingerprint density at radius 1 is 1.12 bits per heavy atom. The van der Waals surface area contributed by atoms with Gasteiger partial charge in [-0.15, -0.1) is 0 Å². The van der Waals surface area contributed by atoms with Crippen LogP contribution in [-0.2, 0) is 23.9 Å². The highest BCUT2D eigenvalue weighted by Gasteiger charge is 2.42. The number of hydrogen-bond acceptors (Lipinski definition) is 8. The smallest absolute Gasteiger partial charge is 0.245 e. The van der Waals surface area contributed by atoms with Crippen LogP contribution in [0.25, 0.3) is 0 Å². The molecule has 4 rings (SSSR count). The molecule has 224 valence electrons. The van der Waals surface area contributed by atoms with Crippen LogP contribution < -0.4 is 5.32 Å². The van der Waals surface area contributed by atoms with E-state index in [-0.39, 0.29) is 47.3 Å². The molecule has 2 aliphatic carbocycles. The van der Waals surface area contributed by atoms with Crippen molar-refractivity contribution in [2.24, 2.45) is 10.9 Å². The molecule has 2 saturated carbocycles. The molecule has 12 nitrogen and oxygen atoms in total. The van der Waals surface area contributed by atoms with Crippen molar-refractivity contribution in [3.8, 4) is 0 Å². The van der Waals surface area contributed by atoms with E-state index in [9.17, 15) is 24.5 Å². The lowest BCUT2D eigenvalue weighted by molar-refractivity contribution is -0.524. The third-order valence-corrected chi connectivity index (χ3v) is 8.33. The largest absolute Gasteiger partial charge is 0.378 e. The zero-order valence-electron chi connectivity index (χ0n) is 23.7. The zero-order valence-corrected chi connectivity index (χ0v) is 23.7. The molecule has 1 saturated heterocycles. The van der Waals surface area contributed by atoms with Gasteiger partial charge in [0.15, 0.2) is 0 Å². The summed E-state index contributed by atoms with van der Waals surface area (Å²) in [4.78, 5) is 57.8. The first-order chi connectivity index (χ1) is 19.8. The average molecular weight is 572 g/mol. The molecular weight excluding hydrogens is 530 g/mol. The number of ether oxygens (including phenoxy) is 2. The number of carbonyl (C=O) groups excluding carboxylic acids is 3. The molecule has 0 spiro atoms. The van der Waals surface area contributed by atoms with Crippen LogP contribution in [0.5, 0.6) is 0 Å². The maximum Gasteiger partial charge on any atom is 0.245 e. The summed E-state index contributed by atoms with van der Waals surface area (Å²) in [5.41, 5.74) is 1.63. The van der Waals surface area contributed by atoms with E-state index in [1.54, 1.807) is 24.3 Å². The minimum absolute atomic E-state index is 0.0519. The molecule has 1 unspecified atom stereocenters. The van der Waals surface area contributed by atoms with Gasteiger partial charge in [-0.25, -0.2) is 4.99 Å². The molecule has 3 aliphatic rings. The minimum Gasteiger partial charge on any atom is -0.378 e. The first-order valence-electron chi connectivity index (χ1n) is 14.7. The Balaban J connectivity index is 1.05. The summed E-state index contributed by atoms with van der Waals surface area (Å²) in [6.45, 7) is 1.30. The lowest BCUT2D eigenvalue weighted by Crippen LogP contribution is -2.37. The van der Waals surface area contributed by atoms with Crippen molar-refractivity contribution < 1.29 is 28.8 Å². The van der Waals surface area contributed by atoms with Crippen molar-refractivity contribution in [1.29, 1.82) is 0 Å². The Kier molecular flexibility index (Phi) is 11.3. The summed E-state index contributed by atoms with van der Waals surface area (Å²) in [7, 11) is 1.72. The predicted molar refractivity (Wildman–Crippen MR) is 150 cm³/mol. The lowest BCUT2D eigenvalue weighted by Gasteiger charge is -2.29. The molecule has 3 fully saturated rings. The normalized spacial score (nSPS) is 26.6. The SMILES string of the molecule is CN1C(=O)CC(C(=O)NCCOC2CCC(OCCCC(=O)N=C3CCC([N+](=O)[O-])CC3)CC2)[C@H]1c1cccnc1. The number of amides is 3. The van der Waals surface area contributed by atoms with Crippen LogP contribution in [0.3, 0.4) is 0 Å². The summed E-state index contributed by atoms with van der Waals surface area (Å²) in [5.74, 6) is -0.831. The van der Waals surface area contributed by atoms with E-state index in [1.165, 1.54) is 0 Å². The molecule has 41 heavy (non-hydrogen) atoms. The predicted octanol–water partition coefficient (Wildman–Crippen LogP) is 3.03. The number of nitrogens with one attached hydrogen (secondary N) is 1. The van der Waals surface area contributed by atoms with E-state index in [4.69, 9.17) is 9.47 Å². The molecule has 0 radical (unpaired) electrons. The van der Waals surface area contributed by atoms with Crippen molar-refractivity contribution in [3.63, 3.8) is 0 Å². The van der Waals surface area contributed by atoms with Gasteiger partial charge in [-0.3, -0.25) is 29.5 Å². The van der Waals surface area contributed by atoms with Crippen LogP contribution in [0.1, 0.15) is 82.2 Å². The second kappa shape index (κ2) is 15.1. The average Bonchev–Trinajstić information content (AvgIpc) is 3.28. The van der Waals surface area contributed by atoms with Gasteiger partial charge in [0.2, 0.25) is 23.8 Å². The van der Waals surface area contributed by atoms with Crippen molar-refractivity contribution in [2.45, 2.75) is 94.9 Å². The van der Waals surface area contributed by atoms with Crippen LogP contribution in [0, 0.1) is 16.0 Å². The molecule has 1 aliphatic heterocycles. The summed E-state index contributed by atoms with van der Waals surface area (Å²) in [6.07, 6.45) is 10.2. The van der Waals surface area contributed by atoms with Gasteiger partial charge in [0.25, 0.3) is 0 Å². The standard InChI is InChI=1S/C29H41N5O7/c1-33-27(36)18-25(28(33)20-4-2-14-30-19-20)29(37)31-15-17-41-24-12-10-23(11-13-24)40-16-3-5-26(35)32-21-6-8-22(9-7-21)34(38)39/h2,4,14,19,22-25,28H,3,5-13,15-18H2,1H3,(H,31,37)/t22?,23?,24?,25?,28-/m1/s1. The number of likely N-dealkylation sites (tertiary alicyclic amines) is 1. The van der Waals surface area contributed by atoms with Gasteiger partial charge in [-0.05, 0) is 56.6 Å². The maximum atomic E-state index is 12.9. The second-order valence-electron chi connectivity index (χ2n) is 11.2. The van der Waals surface area contributed by atoms with Gasteiger partial charge in [0.1, 0.15) is 0 Å². The highest BCUT2D eigenvalue weighted by molar-refractivity contribution is 5.96. The number of pyridine rings is 1. The van der Waals surface area contributed by atoms with E-state index in [0.717, 1.165) is 37.0 Å². The number of carbonyl (C=O) groups is 3. The Morgan fingerprint density at radius 3 is 2.44 bits per heavy atom. The molecule has 12 heteroatoms. The number of rotatable bonds is 12. The van der Waals surface area contributed by atoms with Crippen LogP contribution in [-0.4, -0.2) is 83.3 Å². The third kappa shape index (κ3) is 8.87. The first-order valence-corrected chi connectivity index (χ1v) is 14.7. The fourth-order valence-corrected chi connectivity index (χ4v) is 5.97. The van der Waals surface area contributed by atoms with Crippen molar-refractivity contribution in [2.75, 3.05) is 26.8 Å². The molecule has 3 amide bonds. The van der Waals surface area contributed by atoms with Gasteiger partial charge in [-0.1, -0.05) is 6.07 Å². The molecule has 1 aromatic heterocycles. The van der Waals surface area contributed by atoms with Gasteiger partial charge >= 0.3 is 0 Å². The topological polar surface area (TPSA) is 153 Å². The van der Waals surface area contributed by atoms with Crippen LogP contribution in [0.15, 0.2) is 29.5 Å². The van der Waals surface area contributed by atoms with E-state index in [2.05, 4.69) is 15.3 Å². The van der Waals surface area contributed by atoms with Crippen molar-refractivity contribution in [1.82, 2.24) is 15.2 Å². The van der Waals surface area contributed by atoms with Gasteiger partial charge in [-0.2, -0.15) is 0 Å². The molecule has 2 atom stereocenters. The first kappa shape index (κ1) is 30.7. The van der Waals surface area contributed by atoms with E-state index in [0.29, 0.717) is 58.3 Å². The monoisotopic (exact) mass is 571 g/mol. The molecular formula is C29H41N5O7. The summed E-state index contributed by atoms with van der Waals surface area (Å²) in [6, 6.07) is 2.87. The lowest BCUT2D eigenvalue weighted by atomic mass is 9.94. The minimum atomic E-state index is -0.512. The number of hydrogen-bond donors (Lipinski definition) is 1. The Morgan fingerprint density at radius 2 is 1.80 bits per heavy atom. The van der Waals surface area contributed by atoms with E-state index in [1.807, 2.05) is 12.1 Å². The quantitative estimate of drug-likeness (QED) is 0.228. The molecule has 1 N–H and O–H groups in total. The van der Waals surface area contributed by atoms with Gasteiger partial charge in [0.05, 0.1) is 30.8 Å². The number of aliphatic imine (C=N–C) groups is 1. The molecule has 0 bridgehead atoms. The van der Waals surface area contributed by atoms with Gasteiger partial charge in [0, 0.05) is 68.9 Å². The van der Waals surface area contributed by atoms with Crippen LogP contribution in [0.2, 0.25) is 0 Å². The summed E-state index contributed by atoms with van der Waals surface area (Å²) >= 11 is 0. The van der Waals surface area contributed by atoms with E-state index < -0.39 is 12.0 Å². The third-order valence-electron chi connectivity index (χ3n) is 8.33. The fourth-order valence-electron chi connectivity index (χ4n) is 5.97. The van der Waals surface area contributed by atoms with Crippen LogP contribution in [0.4, 0.5) is 0 Å². The van der Waals surface area contributed by atoms with Gasteiger partial charge < -0.3 is 19.7 Å². The Labute approximate surface area is 240 Å². The zero-order chi connectivity index (χ0) is 29.2. The number of nitro groups is 1. The molecule has 0 aromatic carbocycles. The second-order valence-corrected chi connectivity index (χ2v) is 11.2. The maximum absolute atomic E-state index is 12.9. The molecule has 2 heterocycles. The number of nitrogens with zero attached hydrogens (tertiary/aromatic N) is 4. The van der Waals surface area contributed by atoms with E-state index >= 15 is 0 Å². The Hall–Kier alpha value is -3.25. The highest BCUT2D eigenvalue weighted by atomic mass is 16.6. The van der Waals surface area contributed by atoms with Crippen molar-refractivity contribution in [3.05, 3.63) is 40.2 Å². The summed E-state index contributed by atoms with van der Waals surface area (Å²) < 4.78 is 12.0. The highest BCUT2D eigenvalue weighted by Crippen LogP contribution is 2.36. The van der Waals surface area contributed by atoms with Crippen molar-refractivity contribution >= 4 is 23.4 Å².